The molecule has 1 fully saturated rings. The van der Waals surface area contributed by atoms with E-state index in [0.717, 1.165) is 29.1 Å². The molecule has 1 unspecified atom stereocenters. The van der Waals surface area contributed by atoms with E-state index in [9.17, 15) is 9.90 Å². The molecule has 0 spiro atoms. The van der Waals surface area contributed by atoms with Crippen LogP contribution in [0.1, 0.15) is 11.6 Å². The molecule has 25 heavy (non-hydrogen) atoms. The Bertz CT molecular complexity index is 877. The first kappa shape index (κ1) is 15.9. The third-order valence-electron chi connectivity index (χ3n) is 4.44. The zero-order chi connectivity index (χ0) is 17.2. The van der Waals surface area contributed by atoms with Crippen LogP contribution >= 0.6 is 11.3 Å². The number of carboxylic acids is 1. The Kier molecular flexibility index (Phi) is 4.29. The van der Waals surface area contributed by atoms with Crippen molar-refractivity contribution in [2.24, 2.45) is 0 Å². The van der Waals surface area contributed by atoms with Gasteiger partial charge in [-0.3, -0.25) is 14.7 Å². The van der Waals surface area contributed by atoms with Crippen LogP contribution in [0.2, 0.25) is 0 Å². The molecule has 128 valence electrons. The normalized spacial score (nSPS) is 16.9. The maximum atomic E-state index is 11.8. The van der Waals surface area contributed by atoms with E-state index in [-0.39, 0.29) is 0 Å². The molecular weight excluding hydrogens is 338 g/mol. The van der Waals surface area contributed by atoms with Gasteiger partial charge in [0, 0.05) is 38.6 Å². The van der Waals surface area contributed by atoms with E-state index in [4.69, 9.17) is 0 Å². The average molecular weight is 355 g/mol. The number of aliphatic carboxylic acids is 1. The smallest absolute Gasteiger partial charge is 0.325 e. The zero-order valence-corrected chi connectivity index (χ0v) is 14.3. The first-order chi connectivity index (χ1) is 12.2. The Morgan fingerprint density at radius 1 is 1.20 bits per heavy atom. The van der Waals surface area contributed by atoms with Crippen LogP contribution in [0.5, 0.6) is 0 Å². The molecule has 7 nitrogen and oxygen atoms in total. The van der Waals surface area contributed by atoms with Gasteiger partial charge in [0.2, 0.25) is 0 Å². The quantitative estimate of drug-likeness (QED) is 0.767. The highest BCUT2D eigenvalue weighted by Gasteiger charge is 2.31. The maximum absolute atomic E-state index is 11.8. The van der Waals surface area contributed by atoms with Crippen LogP contribution in [-0.4, -0.2) is 57.1 Å². The number of carbonyl (C=O) groups is 1. The molecule has 8 heteroatoms. The molecular formula is C17H17N5O2S. The molecule has 0 aliphatic carbocycles. The van der Waals surface area contributed by atoms with E-state index in [1.807, 2.05) is 22.4 Å². The van der Waals surface area contributed by atoms with Crippen molar-refractivity contribution in [2.45, 2.75) is 6.04 Å². The highest BCUT2D eigenvalue weighted by Crippen LogP contribution is 2.29. The van der Waals surface area contributed by atoms with Crippen LogP contribution in [0, 0.1) is 0 Å². The number of carboxylic acid groups (broad SMARTS) is 1. The fourth-order valence-electron chi connectivity index (χ4n) is 3.24. The minimum absolute atomic E-state index is 0.655. The Balaban J connectivity index is 1.53. The van der Waals surface area contributed by atoms with E-state index < -0.39 is 12.0 Å². The second-order valence-electron chi connectivity index (χ2n) is 5.88. The van der Waals surface area contributed by atoms with Crippen LogP contribution in [-0.2, 0) is 4.79 Å². The van der Waals surface area contributed by atoms with Gasteiger partial charge < -0.3 is 10.0 Å². The summed E-state index contributed by atoms with van der Waals surface area (Å²) in [5, 5.41) is 11.7. The molecule has 3 aromatic rings. The largest absolute Gasteiger partial charge is 0.480 e. The van der Waals surface area contributed by atoms with Crippen LogP contribution < -0.4 is 4.90 Å². The number of thiophene rings is 1. The summed E-state index contributed by atoms with van der Waals surface area (Å²) in [6.45, 7) is 2.77. The standard InChI is InChI=1S/C17H17N5O2S/c23-17(24)14(12-2-1-4-18-10-12)21-5-7-22(8-6-21)16-15-13(3-9-25-15)19-11-20-16/h1-4,9-11,14H,5-8H2,(H,23,24). The van der Waals surface area contributed by atoms with Crippen molar-refractivity contribution in [2.75, 3.05) is 31.1 Å². The number of piperazine rings is 1. The van der Waals surface area contributed by atoms with Gasteiger partial charge >= 0.3 is 5.97 Å². The zero-order valence-electron chi connectivity index (χ0n) is 13.4. The highest BCUT2D eigenvalue weighted by atomic mass is 32.1. The van der Waals surface area contributed by atoms with Gasteiger partial charge in [0.15, 0.2) is 0 Å². The van der Waals surface area contributed by atoms with Crippen molar-refractivity contribution >= 4 is 33.3 Å². The number of hydrogen-bond acceptors (Lipinski definition) is 7. The molecule has 1 saturated heterocycles. The number of nitrogens with zero attached hydrogens (tertiary/aromatic N) is 5. The molecule has 1 atom stereocenters. The molecule has 4 heterocycles. The molecule has 1 aliphatic heterocycles. The number of pyridine rings is 1. The van der Waals surface area contributed by atoms with Crippen LogP contribution in [0.25, 0.3) is 10.2 Å². The summed E-state index contributed by atoms with van der Waals surface area (Å²) < 4.78 is 1.08. The second kappa shape index (κ2) is 6.73. The molecule has 4 rings (SSSR count). The van der Waals surface area contributed by atoms with E-state index >= 15 is 0 Å². The highest BCUT2D eigenvalue weighted by molar-refractivity contribution is 7.17. The summed E-state index contributed by atoms with van der Waals surface area (Å²) in [6.07, 6.45) is 4.87. The Morgan fingerprint density at radius 3 is 2.76 bits per heavy atom. The number of hydrogen-bond donors (Lipinski definition) is 1. The predicted molar refractivity (Wildman–Crippen MR) is 95.8 cm³/mol. The average Bonchev–Trinajstić information content (AvgIpc) is 3.12. The van der Waals surface area contributed by atoms with Gasteiger partial charge in [-0.05, 0) is 23.1 Å². The first-order valence-corrected chi connectivity index (χ1v) is 8.92. The third-order valence-corrected chi connectivity index (χ3v) is 5.34. The van der Waals surface area contributed by atoms with E-state index in [1.54, 1.807) is 36.1 Å². The molecule has 0 radical (unpaired) electrons. The van der Waals surface area contributed by atoms with Crippen molar-refractivity contribution in [1.82, 2.24) is 19.9 Å². The van der Waals surface area contributed by atoms with Crippen LogP contribution in [0.4, 0.5) is 5.82 Å². The number of anilines is 1. The van der Waals surface area contributed by atoms with Gasteiger partial charge in [-0.1, -0.05) is 6.07 Å². The molecule has 3 aromatic heterocycles. The number of aromatic nitrogens is 3. The Labute approximate surface area is 148 Å². The SMILES string of the molecule is O=C(O)C(c1cccnc1)N1CCN(c2ncnc3ccsc23)CC1. The lowest BCUT2D eigenvalue weighted by molar-refractivity contribution is -0.143. The van der Waals surface area contributed by atoms with Gasteiger partial charge in [0.05, 0.1) is 10.2 Å². The molecule has 0 amide bonds. The predicted octanol–water partition coefficient (Wildman–Crippen LogP) is 2.03. The van der Waals surface area contributed by atoms with Gasteiger partial charge in [0.1, 0.15) is 18.2 Å². The fourth-order valence-corrected chi connectivity index (χ4v) is 4.10. The Hall–Kier alpha value is -2.58. The number of rotatable bonds is 4. The lowest BCUT2D eigenvalue weighted by atomic mass is 10.1. The fraction of sp³-hybridized carbons (Fsp3) is 0.294. The summed E-state index contributed by atoms with van der Waals surface area (Å²) in [5.74, 6) is 0.0945. The number of fused-ring (bicyclic) bond motifs is 1. The van der Waals surface area contributed by atoms with Crippen molar-refractivity contribution in [3.63, 3.8) is 0 Å². The third kappa shape index (κ3) is 3.06. The van der Waals surface area contributed by atoms with E-state index in [0.29, 0.717) is 18.7 Å². The lowest BCUT2D eigenvalue weighted by Crippen LogP contribution is -2.49. The van der Waals surface area contributed by atoms with E-state index in [2.05, 4.69) is 19.9 Å². The van der Waals surface area contributed by atoms with Gasteiger partial charge in [-0.25, -0.2) is 9.97 Å². The summed E-state index contributed by atoms with van der Waals surface area (Å²) in [6, 6.07) is 4.92. The monoisotopic (exact) mass is 355 g/mol. The maximum Gasteiger partial charge on any atom is 0.325 e. The van der Waals surface area contributed by atoms with Gasteiger partial charge in [-0.15, -0.1) is 11.3 Å². The first-order valence-electron chi connectivity index (χ1n) is 8.04. The Morgan fingerprint density at radius 2 is 2.04 bits per heavy atom. The second-order valence-corrected chi connectivity index (χ2v) is 6.80. The summed E-state index contributed by atoms with van der Waals surface area (Å²) in [5.41, 5.74) is 1.67. The lowest BCUT2D eigenvalue weighted by Gasteiger charge is -2.38. The van der Waals surface area contributed by atoms with E-state index in [1.165, 1.54) is 0 Å². The van der Waals surface area contributed by atoms with Crippen molar-refractivity contribution in [1.29, 1.82) is 0 Å². The minimum atomic E-state index is -0.843. The van der Waals surface area contributed by atoms with Crippen molar-refractivity contribution < 1.29 is 9.90 Å². The molecule has 1 aliphatic rings. The van der Waals surface area contributed by atoms with Gasteiger partial charge in [0.25, 0.3) is 0 Å². The van der Waals surface area contributed by atoms with Crippen molar-refractivity contribution in [3.8, 4) is 0 Å². The van der Waals surface area contributed by atoms with Gasteiger partial charge in [-0.2, -0.15) is 0 Å². The molecule has 0 saturated carbocycles. The minimum Gasteiger partial charge on any atom is -0.480 e. The topological polar surface area (TPSA) is 82.5 Å². The summed E-state index contributed by atoms with van der Waals surface area (Å²) >= 11 is 1.63. The molecule has 0 aromatic carbocycles. The molecule has 1 N–H and O–H groups in total. The van der Waals surface area contributed by atoms with Crippen LogP contribution in [0.3, 0.4) is 0 Å². The van der Waals surface area contributed by atoms with Crippen molar-refractivity contribution in [3.05, 3.63) is 47.9 Å². The summed E-state index contributed by atoms with van der Waals surface area (Å²) in [7, 11) is 0. The van der Waals surface area contributed by atoms with Crippen LogP contribution in [0.15, 0.2) is 42.3 Å². The summed E-state index contributed by atoms with van der Waals surface area (Å²) in [4.78, 5) is 28.8. The molecule has 0 bridgehead atoms.